The molecule has 118 valence electrons. The molecule has 2 rings (SSSR count). The molecule has 0 radical (unpaired) electrons. The highest BCUT2D eigenvalue weighted by Crippen LogP contribution is 2.19. The van der Waals surface area contributed by atoms with Crippen LogP contribution in [0.4, 0.5) is 5.95 Å². The Morgan fingerprint density at radius 1 is 1.36 bits per heavy atom. The fourth-order valence-electron chi connectivity index (χ4n) is 1.98. The molecule has 0 saturated heterocycles. The second-order valence-electron chi connectivity index (χ2n) is 5.89. The summed E-state index contributed by atoms with van der Waals surface area (Å²) in [4.78, 5) is 4.11. The monoisotopic (exact) mass is 300 g/mol. The highest BCUT2D eigenvalue weighted by Gasteiger charge is 2.03. The summed E-state index contributed by atoms with van der Waals surface area (Å²) in [6, 6.07) is 6.04. The Morgan fingerprint density at radius 3 is 2.77 bits per heavy atom. The van der Waals surface area contributed by atoms with Gasteiger partial charge in [0.2, 0.25) is 5.95 Å². The molecule has 22 heavy (non-hydrogen) atoms. The van der Waals surface area contributed by atoms with Gasteiger partial charge in [-0.3, -0.25) is 0 Å². The first kappa shape index (κ1) is 16.1. The van der Waals surface area contributed by atoms with Crippen LogP contribution in [0.2, 0.25) is 0 Å². The van der Waals surface area contributed by atoms with Gasteiger partial charge < -0.3 is 10.5 Å². The van der Waals surface area contributed by atoms with Crippen LogP contribution in [0.3, 0.4) is 0 Å². The third kappa shape index (κ3) is 4.35. The average molecular weight is 300 g/mol. The number of benzene rings is 1. The van der Waals surface area contributed by atoms with Crippen molar-refractivity contribution in [1.29, 1.82) is 0 Å². The molecule has 5 heteroatoms. The molecule has 2 N–H and O–H groups in total. The van der Waals surface area contributed by atoms with Gasteiger partial charge in [0.1, 0.15) is 5.75 Å². The molecular formula is C17H24N4O. The van der Waals surface area contributed by atoms with Gasteiger partial charge in [0, 0.05) is 0 Å². The zero-order valence-electron chi connectivity index (χ0n) is 13.7. The molecule has 1 aromatic carbocycles. The number of nitrogen functional groups attached to an aromatic ring is 1. The summed E-state index contributed by atoms with van der Waals surface area (Å²) >= 11 is 0. The lowest BCUT2D eigenvalue weighted by Gasteiger charge is -2.11. The van der Waals surface area contributed by atoms with E-state index in [0.717, 1.165) is 35.6 Å². The van der Waals surface area contributed by atoms with Crippen LogP contribution >= 0.6 is 0 Å². The van der Waals surface area contributed by atoms with Crippen molar-refractivity contribution in [2.24, 2.45) is 11.0 Å². The van der Waals surface area contributed by atoms with Gasteiger partial charge in [0.25, 0.3) is 0 Å². The van der Waals surface area contributed by atoms with Gasteiger partial charge in [0.15, 0.2) is 0 Å². The lowest BCUT2D eigenvalue weighted by molar-refractivity contribution is 0.288. The Labute approximate surface area is 131 Å². The van der Waals surface area contributed by atoms with Crippen molar-refractivity contribution in [3.05, 3.63) is 41.2 Å². The fourth-order valence-corrected chi connectivity index (χ4v) is 1.98. The lowest BCUT2D eigenvalue weighted by atomic mass is 10.1. The van der Waals surface area contributed by atoms with Gasteiger partial charge in [-0.05, 0) is 43.4 Å². The Kier molecular flexibility index (Phi) is 5.20. The van der Waals surface area contributed by atoms with E-state index in [1.165, 1.54) is 0 Å². The summed E-state index contributed by atoms with van der Waals surface area (Å²) in [5.41, 5.74) is 8.70. The van der Waals surface area contributed by atoms with Crippen LogP contribution in [0, 0.1) is 19.8 Å². The summed E-state index contributed by atoms with van der Waals surface area (Å²) in [6.45, 7) is 9.04. The molecule has 0 saturated carbocycles. The minimum absolute atomic E-state index is 0.384. The second kappa shape index (κ2) is 7.11. The predicted octanol–water partition coefficient (Wildman–Crippen LogP) is 3.39. The molecule has 0 atom stereocenters. The van der Waals surface area contributed by atoms with E-state index >= 15 is 0 Å². The maximum Gasteiger partial charge on any atom is 0.221 e. The van der Waals surface area contributed by atoms with Gasteiger partial charge in [-0.2, -0.15) is 5.10 Å². The van der Waals surface area contributed by atoms with E-state index in [1.807, 2.05) is 32.0 Å². The van der Waals surface area contributed by atoms with Crippen molar-refractivity contribution in [2.75, 3.05) is 12.3 Å². The molecule has 2 aromatic rings. The summed E-state index contributed by atoms with van der Waals surface area (Å²) in [5.74, 6) is 1.92. The molecule has 0 aliphatic heterocycles. The molecular weight excluding hydrogens is 276 g/mol. The maximum absolute atomic E-state index is 5.86. The first-order chi connectivity index (χ1) is 10.5. The number of imidazole rings is 1. The normalized spacial score (nSPS) is 11.5. The number of rotatable bonds is 6. The van der Waals surface area contributed by atoms with Gasteiger partial charge in [-0.1, -0.05) is 26.0 Å². The van der Waals surface area contributed by atoms with Gasteiger partial charge in [-0.15, -0.1) is 0 Å². The molecule has 0 bridgehead atoms. The van der Waals surface area contributed by atoms with Crippen molar-refractivity contribution < 1.29 is 4.74 Å². The second-order valence-corrected chi connectivity index (χ2v) is 5.89. The number of aryl methyl sites for hydroxylation is 2. The number of nitrogens with zero attached hydrogens (tertiary/aromatic N) is 3. The largest absolute Gasteiger partial charge is 0.493 e. The van der Waals surface area contributed by atoms with Gasteiger partial charge in [0.05, 0.1) is 24.7 Å². The third-order valence-corrected chi connectivity index (χ3v) is 3.33. The minimum Gasteiger partial charge on any atom is -0.493 e. The van der Waals surface area contributed by atoms with Crippen LogP contribution in [0.1, 0.15) is 37.1 Å². The average Bonchev–Trinajstić information content (AvgIpc) is 2.77. The van der Waals surface area contributed by atoms with Crippen LogP contribution in [0.15, 0.2) is 29.5 Å². The first-order valence-electron chi connectivity index (χ1n) is 7.55. The van der Waals surface area contributed by atoms with E-state index in [0.29, 0.717) is 11.9 Å². The van der Waals surface area contributed by atoms with E-state index in [4.69, 9.17) is 10.5 Å². The van der Waals surface area contributed by atoms with Crippen molar-refractivity contribution in [3.8, 4) is 5.75 Å². The number of anilines is 1. The zero-order chi connectivity index (χ0) is 16.1. The van der Waals surface area contributed by atoms with E-state index in [1.54, 1.807) is 17.1 Å². The van der Waals surface area contributed by atoms with Crippen molar-refractivity contribution in [1.82, 2.24) is 9.66 Å². The Bertz CT molecular complexity index is 659. The van der Waals surface area contributed by atoms with E-state index in [2.05, 4.69) is 23.9 Å². The quantitative estimate of drug-likeness (QED) is 0.832. The molecule has 1 aromatic heterocycles. The number of nitrogens with two attached hydrogens (primary N) is 1. The first-order valence-corrected chi connectivity index (χ1v) is 7.55. The van der Waals surface area contributed by atoms with Crippen molar-refractivity contribution >= 4 is 12.2 Å². The molecule has 0 spiro atoms. The molecule has 0 unspecified atom stereocenters. The number of aromatic nitrogens is 2. The van der Waals surface area contributed by atoms with Gasteiger partial charge in [-0.25, -0.2) is 9.66 Å². The van der Waals surface area contributed by atoms with Crippen LogP contribution in [-0.2, 0) is 0 Å². The topological polar surface area (TPSA) is 65.4 Å². The maximum atomic E-state index is 5.86. The highest BCUT2D eigenvalue weighted by molar-refractivity contribution is 5.80. The van der Waals surface area contributed by atoms with E-state index in [-0.39, 0.29) is 0 Å². The number of ether oxygens (including phenoxy) is 1. The molecule has 0 amide bonds. The molecule has 0 fully saturated rings. The SMILES string of the molecule is Cc1cn(N=Cc2ccc(C)c(OCCC(C)C)c2)c(N)n1. The van der Waals surface area contributed by atoms with Gasteiger partial charge >= 0.3 is 0 Å². The summed E-state index contributed by atoms with van der Waals surface area (Å²) in [5, 5.41) is 4.32. The van der Waals surface area contributed by atoms with Crippen LogP contribution < -0.4 is 10.5 Å². The van der Waals surface area contributed by atoms with E-state index < -0.39 is 0 Å². The highest BCUT2D eigenvalue weighted by atomic mass is 16.5. The number of hydrogen-bond donors (Lipinski definition) is 1. The Morgan fingerprint density at radius 2 is 2.14 bits per heavy atom. The van der Waals surface area contributed by atoms with Crippen molar-refractivity contribution in [2.45, 2.75) is 34.1 Å². The lowest BCUT2D eigenvalue weighted by Crippen LogP contribution is -2.03. The predicted molar refractivity (Wildman–Crippen MR) is 90.5 cm³/mol. The third-order valence-electron chi connectivity index (χ3n) is 3.33. The van der Waals surface area contributed by atoms with Crippen molar-refractivity contribution in [3.63, 3.8) is 0 Å². The molecule has 5 nitrogen and oxygen atoms in total. The Hall–Kier alpha value is -2.30. The fraction of sp³-hybridized carbons (Fsp3) is 0.412. The smallest absolute Gasteiger partial charge is 0.221 e. The molecule has 0 aliphatic rings. The zero-order valence-corrected chi connectivity index (χ0v) is 13.7. The molecule has 0 aliphatic carbocycles. The Balaban J connectivity index is 2.10. The summed E-state index contributed by atoms with van der Waals surface area (Å²) < 4.78 is 7.43. The van der Waals surface area contributed by atoms with Crippen LogP contribution in [0.5, 0.6) is 5.75 Å². The summed E-state index contributed by atoms with van der Waals surface area (Å²) in [6.07, 6.45) is 4.59. The van der Waals surface area contributed by atoms with Crippen LogP contribution in [-0.4, -0.2) is 22.5 Å². The van der Waals surface area contributed by atoms with Crippen LogP contribution in [0.25, 0.3) is 0 Å². The number of hydrogen-bond acceptors (Lipinski definition) is 4. The standard InChI is InChI=1S/C17H24N4O/c1-12(2)7-8-22-16-9-15(6-5-13(16)3)10-19-21-11-14(4)20-17(21)18/h5-6,9-12H,7-8H2,1-4H3,(H2,18,20). The van der Waals surface area contributed by atoms with E-state index in [9.17, 15) is 0 Å². The minimum atomic E-state index is 0.384. The molecule has 1 heterocycles. The summed E-state index contributed by atoms with van der Waals surface area (Å²) in [7, 11) is 0.